The van der Waals surface area contributed by atoms with Gasteiger partial charge >= 0.3 is 5.97 Å². The van der Waals surface area contributed by atoms with Gasteiger partial charge < -0.3 is 20.5 Å². The van der Waals surface area contributed by atoms with Crippen molar-refractivity contribution in [3.8, 4) is 0 Å². The summed E-state index contributed by atoms with van der Waals surface area (Å²) in [7, 11) is 0. The Morgan fingerprint density at radius 2 is 2.00 bits per heavy atom. The molecule has 7 nitrogen and oxygen atoms in total. The van der Waals surface area contributed by atoms with Crippen molar-refractivity contribution >= 4 is 17.8 Å². The average molecular weight is 388 g/mol. The van der Waals surface area contributed by atoms with E-state index in [2.05, 4.69) is 10.6 Å². The maximum absolute atomic E-state index is 12.7. The van der Waals surface area contributed by atoms with E-state index >= 15 is 0 Å². The van der Waals surface area contributed by atoms with Gasteiger partial charge in [0.15, 0.2) is 0 Å². The van der Waals surface area contributed by atoms with Crippen LogP contribution in [0.1, 0.15) is 43.8 Å². The summed E-state index contributed by atoms with van der Waals surface area (Å²) in [4.78, 5) is 36.8. The lowest BCUT2D eigenvalue weighted by Gasteiger charge is -2.21. The van der Waals surface area contributed by atoms with Crippen LogP contribution in [0.2, 0.25) is 0 Å². The molecule has 1 aromatic rings. The highest BCUT2D eigenvalue weighted by atomic mass is 16.5. The predicted octanol–water partition coefficient (Wildman–Crippen LogP) is 1.63. The minimum absolute atomic E-state index is 0.0337. The molecule has 3 N–H and O–H groups in total. The minimum Gasteiger partial charge on any atom is -0.456 e. The molecule has 0 fully saturated rings. The first kappa shape index (κ1) is 21.6. The van der Waals surface area contributed by atoms with Gasteiger partial charge in [0.25, 0.3) is 0 Å². The van der Waals surface area contributed by atoms with Crippen LogP contribution in [0.4, 0.5) is 0 Å². The van der Waals surface area contributed by atoms with Gasteiger partial charge in [-0.1, -0.05) is 42.5 Å². The second-order valence-electron chi connectivity index (χ2n) is 6.71. The Bertz CT molecular complexity index is 675. The zero-order chi connectivity index (χ0) is 20.2. The van der Waals surface area contributed by atoms with Gasteiger partial charge in [-0.25, -0.2) is 0 Å². The fraction of sp³-hybridized carbons (Fsp3) is 0.476. The van der Waals surface area contributed by atoms with Crippen molar-refractivity contribution in [1.29, 1.82) is 0 Å². The Morgan fingerprint density at radius 3 is 2.75 bits per heavy atom. The Labute approximate surface area is 165 Å². The lowest BCUT2D eigenvalue weighted by molar-refractivity contribution is -0.150. The zero-order valence-electron chi connectivity index (χ0n) is 15.9. The van der Waals surface area contributed by atoms with Crippen molar-refractivity contribution in [2.75, 3.05) is 19.7 Å². The molecule has 0 saturated carbocycles. The van der Waals surface area contributed by atoms with E-state index in [1.807, 2.05) is 42.5 Å². The van der Waals surface area contributed by atoms with Crippen LogP contribution in [0.3, 0.4) is 0 Å². The SMILES string of the molecule is O=C(C[C@@H]1C/C=C/CCCC(=O)O[C@H](c2ccccc2)CNC1=O)NCCO. The van der Waals surface area contributed by atoms with Gasteiger partial charge in [-0.15, -0.1) is 0 Å². The van der Waals surface area contributed by atoms with Crippen LogP contribution >= 0.6 is 0 Å². The molecule has 0 bridgehead atoms. The summed E-state index contributed by atoms with van der Waals surface area (Å²) in [5.74, 6) is -1.36. The molecule has 1 aliphatic rings. The maximum atomic E-state index is 12.7. The van der Waals surface area contributed by atoms with Crippen molar-refractivity contribution < 1.29 is 24.2 Å². The van der Waals surface area contributed by atoms with Crippen molar-refractivity contribution in [1.82, 2.24) is 10.6 Å². The van der Waals surface area contributed by atoms with Gasteiger partial charge in [0, 0.05) is 19.4 Å². The third-order valence-corrected chi connectivity index (χ3v) is 4.48. The summed E-state index contributed by atoms with van der Waals surface area (Å²) < 4.78 is 5.58. The Kier molecular flexibility index (Phi) is 9.21. The van der Waals surface area contributed by atoms with Crippen molar-refractivity contribution in [2.45, 2.75) is 38.2 Å². The molecule has 7 heteroatoms. The van der Waals surface area contributed by atoms with Gasteiger partial charge in [0.05, 0.1) is 19.1 Å². The van der Waals surface area contributed by atoms with Gasteiger partial charge in [0.2, 0.25) is 11.8 Å². The van der Waals surface area contributed by atoms with Crippen LogP contribution in [-0.4, -0.2) is 42.6 Å². The fourth-order valence-electron chi connectivity index (χ4n) is 2.97. The van der Waals surface area contributed by atoms with Crippen molar-refractivity contribution in [3.05, 3.63) is 48.0 Å². The number of amides is 2. The van der Waals surface area contributed by atoms with E-state index in [0.717, 1.165) is 5.56 Å². The quantitative estimate of drug-likeness (QED) is 0.525. The highest BCUT2D eigenvalue weighted by Gasteiger charge is 2.23. The number of esters is 1. The number of hydrogen-bond donors (Lipinski definition) is 3. The third-order valence-electron chi connectivity index (χ3n) is 4.48. The van der Waals surface area contributed by atoms with Gasteiger partial charge in [-0.2, -0.15) is 0 Å². The number of cyclic esters (lactones) is 1. The van der Waals surface area contributed by atoms with Gasteiger partial charge in [0.1, 0.15) is 6.10 Å². The topological polar surface area (TPSA) is 105 Å². The predicted molar refractivity (Wildman–Crippen MR) is 104 cm³/mol. The van der Waals surface area contributed by atoms with Crippen molar-refractivity contribution in [3.63, 3.8) is 0 Å². The molecule has 0 aliphatic carbocycles. The molecule has 0 aromatic heterocycles. The number of ether oxygens (including phenoxy) is 1. The van der Waals surface area contributed by atoms with E-state index in [9.17, 15) is 14.4 Å². The summed E-state index contributed by atoms with van der Waals surface area (Å²) >= 11 is 0. The first-order chi connectivity index (χ1) is 13.6. The molecule has 28 heavy (non-hydrogen) atoms. The Hall–Kier alpha value is -2.67. The molecule has 0 radical (unpaired) electrons. The number of benzene rings is 1. The van der Waals surface area contributed by atoms with E-state index in [4.69, 9.17) is 9.84 Å². The largest absolute Gasteiger partial charge is 0.456 e. The van der Waals surface area contributed by atoms with E-state index in [-0.39, 0.29) is 43.9 Å². The van der Waals surface area contributed by atoms with E-state index in [1.54, 1.807) is 0 Å². The third kappa shape index (κ3) is 7.52. The summed E-state index contributed by atoms with van der Waals surface area (Å²) in [5.41, 5.74) is 0.807. The average Bonchev–Trinajstić information content (AvgIpc) is 2.72. The summed E-state index contributed by atoms with van der Waals surface area (Å²) in [6.07, 6.45) is 5.38. The zero-order valence-corrected chi connectivity index (χ0v) is 15.9. The number of carbonyl (C=O) groups is 3. The first-order valence-electron chi connectivity index (χ1n) is 9.65. The van der Waals surface area contributed by atoms with E-state index in [0.29, 0.717) is 25.7 Å². The molecular formula is C21H28N2O5. The van der Waals surface area contributed by atoms with E-state index < -0.39 is 12.0 Å². The van der Waals surface area contributed by atoms with Crippen LogP contribution in [-0.2, 0) is 19.1 Å². The van der Waals surface area contributed by atoms with Gasteiger partial charge in [-0.05, 0) is 24.8 Å². The maximum Gasteiger partial charge on any atom is 0.306 e. The summed E-state index contributed by atoms with van der Waals surface area (Å²) in [5, 5.41) is 14.2. The number of hydrogen-bond acceptors (Lipinski definition) is 5. The normalized spacial score (nSPS) is 22.6. The summed E-state index contributed by atoms with van der Waals surface area (Å²) in [6, 6.07) is 9.28. The first-order valence-corrected chi connectivity index (χ1v) is 9.65. The monoisotopic (exact) mass is 388 g/mol. The fourth-order valence-corrected chi connectivity index (χ4v) is 2.97. The molecule has 1 aromatic carbocycles. The molecule has 152 valence electrons. The molecule has 2 rings (SSSR count). The Morgan fingerprint density at radius 1 is 1.21 bits per heavy atom. The molecule has 0 unspecified atom stereocenters. The lowest BCUT2D eigenvalue weighted by atomic mass is 9.98. The molecule has 0 spiro atoms. The van der Waals surface area contributed by atoms with Crippen molar-refractivity contribution in [2.24, 2.45) is 5.92 Å². The van der Waals surface area contributed by atoms with Crippen LogP contribution in [0, 0.1) is 5.92 Å². The molecule has 1 heterocycles. The number of aliphatic hydroxyl groups excluding tert-OH is 1. The molecular weight excluding hydrogens is 360 g/mol. The van der Waals surface area contributed by atoms with Crippen LogP contribution < -0.4 is 10.6 Å². The van der Waals surface area contributed by atoms with Crippen LogP contribution in [0.25, 0.3) is 0 Å². The van der Waals surface area contributed by atoms with Crippen LogP contribution in [0.5, 0.6) is 0 Å². The summed E-state index contributed by atoms with van der Waals surface area (Å²) in [6.45, 7) is 0.161. The second-order valence-corrected chi connectivity index (χ2v) is 6.71. The number of carbonyl (C=O) groups excluding carboxylic acids is 3. The number of aliphatic hydroxyl groups is 1. The lowest BCUT2D eigenvalue weighted by Crippen LogP contribution is -2.38. The molecule has 1 aliphatic heterocycles. The smallest absolute Gasteiger partial charge is 0.306 e. The number of allylic oxidation sites excluding steroid dienone is 2. The number of nitrogens with one attached hydrogen (secondary N) is 2. The standard InChI is InChI=1S/C21H28N2O5/c24-13-12-22-19(25)14-17-10-4-1-2-7-11-20(26)28-18(15-23-21(17)27)16-8-5-3-6-9-16/h1,3-6,8-9,17-18,24H,2,7,10-15H2,(H,22,25)(H,23,27)/b4-1+/t17-,18-/m0/s1. The number of rotatable bonds is 5. The van der Waals surface area contributed by atoms with Gasteiger partial charge in [-0.3, -0.25) is 14.4 Å². The second kappa shape index (κ2) is 11.9. The molecule has 2 amide bonds. The molecule has 2 atom stereocenters. The highest BCUT2D eigenvalue weighted by molar-refractivity contribution is 5.86. The van der Waals surface area contributed by atoms with E-state index in [1.165, 1.54) is 0 Å². The minimum atomic E-state index is -0.574. The highest BCUT2D eigenvalue weighted by Crippen LogP contribution is 2.19. The Balaban J connectivity index is 2.09. The molecule has 0 saturated heterocycles. The van der Waals surface area contributed by atoms with Crippen LogP contribution in [0.15, 0.2) is 42.5 Å².